The van der Waals surface area contributed by atoms with E-state index in [1.165, 1.54) is 24.5 Å². The molecule has 0 saturated heterocycles. The summed E-state index contributed by atoms with van der Waals surface area (Å²) >= 11 is 0. The summed E-state index contributed by atoms with van der Waals surface area (Å²) in [6, 6.07) is 16.4. The number of amides is 1. The Morgan fingerprint density at radius 2 is 1.82 bits per heavy atom. The lowest BCUT2D eigenvalue weighted by atomic mass is 10.1. The van der Waals surface area contributed by atoms with Gasteiger partial charge in [-0.3, -0.25) is 9.78 Å². The van der Waals surface area contributed by atoms with Crippen LogP contribution in [0.25, 0.3) is 22.2 Å². The number of pyridine rings is 1. The smallest absolute Gasteiger partial charge is 0.255 e. The molecule has 4 rings (SSSR count). The fourth-order valence-corrected chi connectivity index (χ4v) is 3.44. The van der Waals surface area contributed by atoms with E-state index in [-0.39, 0.29) is 10.8 Å². The Kier molecular flexibility index (Phi) is 4.42. The van der Waals surface area contributed by atoms with Gasteiger partial charge in [-0.15, -0.1) is 0 Å². The van der Waals surface area contributed by atoms with E-state index in [1.807, 2.05) is 6.07 Å². The maximum atomic E-state index is 12.6. The molecule has 140 valence electrons. The van der Waals surface area contributed by atoms with Crippen molar-refractivity contribution in [3.05, 3.63) is 78.7 Å². The summed E-state index contributed by atoms with van der Waals surface area (Å²) in [5.41, 5.74) is 2.36. The summed E-state index contributed by atoms with van der Waals surface area (Å²) in [6.07, 6.45) is 3.06. The van der Waals surface area contributed by atoms with Crippen LogP contribution < -0.4 is 10.5 Å². The number of nitrogens with two attached hydrogens (primary N) is 1. The number of furan rings is 1. The predicted octanol–water partition coefficient (Wildman–Crippen LogP) is 3.39. The molecular weight excluding hydrogens is 378 g/mol. The molecule has 0 atom stereocenters. The molecule has 0 aliphatic heterocycles. The second-order valence-corrected chi connectivity index (χ2v) is 7.63. The van der Waals surface area contributed by atoms with Gasteiger partial charge < -0.3 is 9.73 Å². The van der Waals surface area contributed by atoms with E-state index in [9.17, 15) is 13.2 Å². The quantitative estimate of drug-likeness (QED) is 0.551. The van der Waals surface area contributed by atoms with Crippen molar-refractivity contribution >= 4 is 32.6 Å². The van der Waals surface area contributed by atoms with Crippen LogP contribution in [0.5, 0.6) is 0 Å². The fourth-order valence-electron chi connectivity index (χ4n) is 2.90. The lowest BCUT2D eigenvalue weighted by molar-refractivity contribution is 0.102. The number of nitrogens with one attached hydrogen (secondary N) is 1. The number of anilines is 1. The molecule has 1 amide bonds. The van der Waals surface area contributed by atoms with Crippen molar-refractivity contribution in [3.8, 4) is 11.3 Å². The van der Waals surface area contributed by atoms with Gasteiger partial charge in [0, 0.05) is 22.7 Å². The normalized spacial score (nSPS) is 11.5. The van der Waals surface area contributed by atoms with Crippen LogP contribution in [0, 0.1) is 0 Å². The van der Waals surface area contributed by atoms with Gasteiger partial charge in [0.15, 0.2) is 0 Å². The molecule has 0 aliphatic carbocycles. The molecule has 0 fully saturated rings. The van der Waals surface area contributed by atoms with Crippen LogP contribution in [0.2, 0.25) is 0 Å². The Morgan fingerprint density at radius 1 is 1.04 bits per heavy atom. The molecule has 28 heavy (non-hydrogen) atoms. The summed E-state index contributed by atoms with van der Waals surface area (Å²) in [7, 11) is -3.93. The van der Waals surface area contributed by atoms with Crippen LogP contribution in [0.15, 0.2) is 82.4 Å². The van der Waals surface area contributed by atoms with E-state index in [4.69, 9.17) is 9.56 Å². The van der Waals surface area contributed by atoms with E-state index in [1.54, 1.807) is 42.6 Å². The van der Waals surface area contributed by atoms with Crippen LogP contribution in [-0.4, -0.2) is 19.3 Å². The first kappa shape index (κ1) is 17.9. The largest absolute Gasteiger partial charge is 0.464 e. The number of sulfonamides is 1. The van der Waals surface area contributed by atoms with Crippen molar-refractivity contribution in [2.45, 2.75) is 4.90 Å². The van der Waals surface area contributed by atoms with Gasteiger partial charge in [0.2, 0.25) is 10.0 Å². The molecule has 0 unspecified atom stereocenters. The van der Waals surface area contributed by atoms with Crippen LogP contribution in [0.4, 0.5) is 5.69 Å². The van der Waals surface area contributed by atoms with Crippen LogP contribution >= 0.6 is 0 Å². The van der Waals surface area contributed by atoms with Gasteiger partial charge in [0.1, 0.15) is 5.58 Å². The Hall–Kier alpha value is -3.49. The van der Waals surface area contributed by atoms with Crippen molar-refractivity contribution in [1.29, 1.82) is 0 Å². The third-order valence-corrected chi connectivity index (χ3v) is 5.15. The fraction of sp³-hybridized carbons (Fsp3) is 0. The first-order chi connectivity index (χ1) is 13.4. The Balaban J connectivity index is 1.87. The summed E-state index contributed by atoms with van der Waals surface area (Å²) in [5, 5.41) is 8.78. The first-order valence-corrected chi connectivity index (χ1v) is 9.84. The molecule has 0 radical (unpaired) electrons. The molecule has 0 aliphatic rings. The van der Waals surface area contributed by atoms with Crippen molar-refractivity contribution in [2.24, 2.45) is 5.14 Å². The highest BCUT2D eigenvalue weighted by Gasteiger charge is 2.18. The lowest BCUT2D eigenvalue weighted by Crippen LogP contribution is -2.15. The molecule has 2 aromatic heterocycles. The molecular formula is C20H15N3O4S. The number of benzene rings is 2. The minimum absolute atomic E-state index is 0.0810. The zero-order valence-corrected chi connectivity index (χ0v) is 15.3. The van der Waals surface area contributed by atoms with Crippen molar-refractivity contribution in [3.63, 3.8) is 0 Å². The van der Waals surface area contributed by atoms with Crippen LogP contribution in [0.3, 0.4) is 0 Å². The number of primary sulfonamides is 1. The van der Waals surface area contributed by atoms with Crippen molar-refractivity contribution in [2.75, 3.05) is 5.32 Å². The second-order valence-electron chi connectivity index (χ2n) is 6.06. The van der Waals surface area contributed by atoms with Gasteiger partial charge >= 0.3 is 0 Å². The number of rotatable bonds is 4. The maximum Gasteiger partial charge on any atom is 0.255 e. The molecule has 0 spiro atoms. The van der Waals surface area contributed by atoms with Gasteiger partial charge in [-0.1, -0.05) is 18.2 Å². The second kappa shape index (κ2) is 6.91. The number of carbonyl (C=O) groups is 1. The molecule has 0 bridgehead atoms. The summed E-state index contributed by atoms with van der Waals surface area (Å²) in [4.78, 5) is 16.9. The minimum atomic E-state index is -3.93. The minimum Gasteiger partial charge on any atom is -0.464 e. The monoisotopic (exact) mass is 393 g/mol. The van der Waals surface area contributed by atoms with Crippen LogP contribution in [0.1, 0.15) is 10.4 Å². The highest BCUT2D eigenvalue weighted by molar-refractivity contribution is 7.89. The Morgan fingerprint density at radius 3 is 2.57 bits per heavy atom. The van der Waals surface area contributed by atoms with Gasteiger partial charge in [-0.25, -0.2) is 13.6 Å². The predicted molar refractivity (Wildman–Crippen MR) is 105 cm³/mol. The van der Waals surface area contributed by atoms with E-state index in [0.717, 1.165) is 0 Å². The van der Waals surface area contributed by atoms with E-state index < -0.39 is 10.0 Å². The molecule has 7 nitrogen and oxygen atoms in total. The molecule has 8 heteroatoms. The summed E-state index contributed by atoms with van der Waals surface area (Å²) < 4.78 is 29.1. The number of carbonyl (C=O) groups excluding carboxylic acids is 1. The average Bonchev–Trinajstić information content (AvgIpc) is 3.17. The standard InChI is InChI=1S/C20H15N3O4S/c21-28(25,26)14-6-7-17(23-20(24)13-4-2-1-3-5-13)16(12-14)19-15-9-11-27-18(15)8-10-22-19/h1-12H,(H,23,24)(H2,21,25,26). The Labute approximate surface area is 160 Å². The number of nitrogens with zero attached hydrogens (tertiary/aromatic N) is 1. The van der Waals surface area contributed by atoms with Gasteiger partial charge in [0.25, 0.3) is 5.91 Å². The average molecular weight is 393 g/mol. The number of hydrogen-bond donors (Lipinski definition) is 2. The lowest BCUT2D eigenvalue weighted by Gasteiger charge is -2.13. The first-order valence-electron chi connectivity index (χ1n) is 8.29. The number of aromatic nitrogens is 1. The zero-order valence-electron chi connectivity index (χ0n) is 14.5. The number of hydrogen-bond acceptors (Lipinski definition) is 5. The van der Waals surface area contributed by atoms with E-state index >= 15 is 0 Å². The molecule has 3 N–H and O–H groups in total. The zero-order chi connectivity index (χ0) is 19.7. The Bertz CT molecular complexity index is 1280. The molecule has 2 aromatic carbocycles. The van der Waals surface area contributed by atoms with Gasteiger partial charge in [0.05, 0.1) is 22.5 Å². The summed E-state index contributed by atoms with van der Waals surface area (Å²) in [6.45, 7) is 0. The van der Waals surface area contributed by atoms with E-state index in [2.05, 4.69) is 10.3 Å². The molecule has 0 saturated carbocycles. The maximum absolute atomic E-state index is 12.6. The van der Waals surface area contributed by atoms with Crippen molar-refractivity contribution in [1.82, 2.24) is 4.98 Å². The SMILES string of the molecule is NS(=O)(=O)c1ccc(NC(=O)c2ccccc2)c(-c2nccc3occc23)c1. The van der Waals surface area contributed by atoms with Gasteiger partial charge in [-0.05, 0) is 42.5 Å². The van der Waals surface area contributed by atoms with Crippen LogP contribution in [-0.2, 0) is 10.0 Å². The van der Waals surface area contributed by atoms with E-state index in [0.29, 0.717) is 33.5 Å². The van der Waals surface area contributed by atoms with Gasteiger partial charge in [-0.2, -0.15) is 0 Å². The van der Waals surface area contributed by atoms with Crippen molar-refractivity contribution < 1.29 is 17.6 Å². The summed E-state index contributed by atoms with van der Waals surface area (Å²) in [5.74, 6) is -0.329. The number of fused-ring (bicyclic) bond motifs is 1. The third-order valence-electron chi connectivity index (χ3n) is 4.24. The topological polar surface area (TPSA) is 115 Å². The third kappa shape index (κ3) is 3.38. The molecule has 2 heterocycles. The molecule has 4 aromatic rings. The highest BCUT2D eigenvalue weighted by Crippen LogP contribution is 2.34. The highest BCUT2D eigenvalue weighted by atomic mass is 32.2.